The molecule has 0 atom stereocenters. The highest BCUT2D eigenvalue weighted by Crippen LogP contribution is 2.33. The summed E-state index contributed by atoms with van der Waals surface area (Å²) in [5.74, 6) is 1.24. The standard InChI is InChI=1S/C23H22N4/c1-16(2)18-9-11-19(12-10-18)22-23(26-25-20-7-5-4-6-8-20)27-14-13-17(3)15-21(27)24-22/h4-16H,1-3H3. The molecule has 0 bridgehead atoms. The van der Waals surface area contributed by atoms with Crippen LogP contribution in [0.4, 0.5) is 11.5 Å². The second-order valence-corrected chi connectivity index (χ2v) is 7.03. The van der Waals surface area contributed by atoms with E-state index < -0.39 is 0 Å². The molecule has 27 heavy (non-hydrogen) atoms. The van der Waals surface area contributed by atoms with Crippen LogP contribution in [0.15, 0.2) is 83.2 Å². The average Bonchev–Trinajstić information content (AvgIpc) is 3.04. The summed E-state index contributed by atoms with van der Waals surface area (Å²) in [6.07, 6.45) is 2.00. The van der Waals surface area contributed by atoms with E-state index in [1.165, 1.54) is 11.1 Å². The molecular formula is C23H22N4. The molecule has 4 heteroatoms. The van der Waals surface area contributed by atoms with Gasteiger partial charge in [-0.2, -0.15) is 0 Å². The summed E-state index contributed by atoms with van der Waals surface area (Å²) < 4.78 is 1.99. The first-order valence-electron chi connectivity index (χ1n) is 9.17. The Labute approximate surface area is 159 Å². The zero-order valence-electron chi connectivity index (χ0n) is 15.8. The number of hydrogen-bond donors (Lipinski definition) is 0. The van der Waals surface area contributed by atoms with E-state index in [2.05, 4.69) is 67.4 Å². The molecule has 0 spiro atoms. The molecule has 0 N–H and O–H groups in total. The van der Waals surface area contributed by atoms with Crippen LogP contribution < -0.4 is 0 Å². The number of fused-ring (bicyclic) bond motifs is 1. The van der Waals surface area contributed by atoms with E-state index in [1.807, 2.05) is 40.9 Å². The zero-order chi connectivity index (χ0) is 18.8. The lowest BCUT2D eigenvalue weighted by Crippen LogP contribution is -1.87. The normalized spacial score (nSPS) is 11.7. The summed E-state index contributed by atoms with van der Waals surface area (Å²) in [7, 11) is 0. The van der Waals surface area contributed by atoms with Gasteiger partial charge in [0.05, 0.1) is 5.69 Å². The lowest BCUT2D eigenvalue weighted by Gasteiger charge is -2.06. The minimum Gasteiger partial charge on any atom is -0.283 e. The summed E-state index contributed by atoms with van der Waals surface area (Å²) in [4.78, 5) is 4.84. The largest absolute Gasteiger partial charge is 0.283 e. The van der Waals surface area contributed by atoms with Crippen LogP contribution in [0.5, 0.6) is 0 Å². The van der Waals surface area contributed by atoms with E-state index >= 15 is 0 Å². The van der Waals surface area contributed by atoms with Crippen molar-refractivity contribution >= 4 is 17.2 Å². The van der Waals surface area contributed by atoms with Crippen molar-refractivity contribution in [3.63, 3.8) is 0 Å². The number of aryl methyl sites for hydroxylation is 1. The van der Waals surface area contributed by atoms with Crippen LogP contribution in [-0.2, 0) is 0 Å². The number of imidazole rings is 1. The van der Waals surface area contributed by atoms with E-state index in [1.54, 1.807) is 0 Å². The summed E-state index contributed by atoms with van der Waals surface area (Å²) in [6.45, 7) is 6.46. The molecule has 0 aliphatic carbocycles. The molecule has 0 saturated carbocycles. The monoisotopic (exact) mass is 354 g/mol. The average molecular weight is 354 g/mol. The first-order chi connectivity index (χ1) is 13.1. The maximum atomic E-state index is 4.84. The van der Waals surface area contributed by atoms with Crippen molar-refractivity contribution in [1.29, 1.82) is 0 Å². The quantitative estimate of drug-likeness (QED) is 0.370. The maximum Gasteiger partial charge on any atom is 0.187 e. The Morgan fingerprint density at radius 2 is 1.63 bits per heavy atom. The van der Waals surface area contributed by atoms with Crippen LogP contribution in [0.3, 0.4) is 0 Å². The number of aromatic nitrogens is 2. The number of rotatable bonds is 4. The lowest BCUT2D eigenvalue weighted by atomic mass is 10.0. The summed E-state index contributed by atoms with van der Waals surface area (Å²) in [5.41, 5.74) is 6.06. The minimum atomic E-state index is 0.500. The fraction of sp³-hybridized carbons (Fsp3) is 0.174. The molecule has 2 aromatic carbocycles. The van der Waals surface area contributed by atoms with Gasteiger partial charge in [0.25, 0.3) is 0 Å². The van der Waals surface area contributed by atoms with Crippen molar-refractivity contribution in [2.75, 3.05) is 0 Å². The van der Waals surface area contributed by atoms with Crippen LogP contribution >= 0.6 is 0 Å². The molecular weight excluding hydrogens is 332 g/mol. The highest BCUT2D eigenvalue weighted by Gasteiger charge is 2.14. The SMILES string of the molecule is Cc1ccn2c(N=Nc3ccccc3)c(-c3ccc(C(C)C)cc3)nc2c1. The van der Waals surface area contributed by atoms with Gasteiger partial charge in [-0.05, 0) is 48.2 Å². The summed E-state index contributed by atoms with van der Waals surface area (Å²) in [5, 5.41) is 8.97. The molecule has 0 fully saturated rings. The molecule has 0 amide bonds. The van der Waals surface area contributed by atoms with E-state index in [9.17, 15) is 0 Å². The zero-order valence-corrected chi connectivity index (χ0v) is 15.8. The molecule has 0 aliphatic heterocycles. The smallest absolute Gasteiger partial charge is 0.187 e. The minimum absolute atomic E-state index is 0.500. The van der Waals surface area contributed by atoms with E-state index in [0.29, 0.717) is 5.92 Å². The van der Waals surface area contributed by atoms with Crippen LogP contribution in [0.2, 0.25) is 0 Å². The van der Waals surface area contributed by atoms with Crippen molar-refractivity contribution in [3.05, 3.63) is 84.1 Å². The van der Waals surface area contributed by atoms with Gasteiger partial charge in [0, 0.05) is 11.8 Å². The first-order valence-corrected chi connectivity index (χ1v) is 9.17. The molecule has 0 radical (unpaired) electrons. The van der Waals surface area contributed by atoms with E-state index in [4.69, 9.17) is 4.98 Å². The fourth-order valence-electron chi connectivity index (χ4n) is 3.05. The van der Waals surface area contributed by atoms with E-state index in [-0.39, 0.29) is 0 Å². The number of azo groups is 1. The molecule has 4 aromatic rings. The number of benzene rings is 2. The fourth-order valence-corrected chi connectivity index (χ4v) is 3.05. The topological polar surface area (TPSA) is 42.0 Å². The van der Waals surface area contributed by atoms with Gasteiger partial charge in [-0.3, -0.25) is 4.40 Å². The van der Waals surface area contributed by atoms with Gasteiger partial charge in [0.2, 0.25) is 0 Å². The summed E-state index contributed by atoms with van der Waals surface area (Å²) in [6, 6.07) is 22.4. The Bertz CT molecular complexity index is 1090. The van der Waals surface area contributed by atoms with Gasteiger partial charge >= 0.3 is 0 Å². The van der Waals surface area contributed by atoms with Crippen molar-refractivity contribution in [2.24, 2.45) is 10.2 Å². The third kappa shape index (κ3) is 3.51. The number of pyridine rings is 1. The number of hydrogen-bond acceptors (Lipinski definition) is 3. The van der Waals surface area contributed by atoms with Gasteiger partial charge in [-0.25, -0.2) is 4.98 Å². The van der Waals surface area contributed by atoms with Gasteiger partial charge in [0.15, 0.2) is 5.82 Å². The van der Waals surface area contributed by atoms with Crippen LogP contribution in [-0.4, -0.2) is 9.38 Å². The van der Waals surface area contributed by atoms with Gasteiger partial charge in [-0.1, -0.05) is 56.3 Å². The molecule has 134 valence electrons. The molecule has 2 aromatic heterocycles. The van der Waals surface area contributed by atoms with Crippen LogP contribution in [0.25, 0.3) is 16.9 Å². The van der Waals surface area contributed by atoms with Crippen molar-refractivity contribution < 1.29 is 0 Å². The lowest BCUT2D eigenvalue weighted by molar-refractivity contribution is 0.867. The Kier molecular flexibility index (Phi) is 4.55. The number of nitrogens with zero attached hydrogens (tertiary/aromatic N) is 4. The highest BCUT2D eigenvalue weighted by atomic mass is 15.2. The molecule has 4 rings (SSSR count). The van der Waals surface area contributed by atoms with Gasteiger partial charge in [-0.15, -0.1) is 10.2 Å². The predicted molar refractivity (Wildman–Crippen MR) is 110 cm³/mol. The molecule has 2 heterocycles. The third-order valence-corrected chi connectivity index (χ3v) is 4.62. The van der Waals surface area contributed by atoms with E-state index in [0.717, 1.165) is 28.4 Å². The second kappa shape index (κ2) is 7.16. The Morgan fingerprint density at radius 1 is 0.889 bits per heavy atom. The molecule has 0 saturated heterocycles. The predicted octanol–water partition coefficient (Wildman–Crippen LogP) is 6.85. The Hall–Kier alpha value is -3.27. The molecule has 0 aliphatic rings. The van der Waals surface area contributed by atoms with Crippen molar-refractivity contribution in [2.45, 2.75) is 26.7 Å². The molecule has 0 unspecified atom stereocenters. The van der Waals surface area contributed by atoms with Crippen molar-refractivity contribution in [3.8, 4) is 11.3 Å². The third-order valence-electron chi connectivity index (χ3n) is 4.62. The molecule has 4 nitrogen and oxygen atoms in total. The Balaban J connectivity index is 1.85. The van der Waals surface area contributed by atoms with Crippen LogP contribution in [0.1, 0.15) is 30.9 Å². The maximum absolute atomic E-state index is 4.84. The Morgan fingerprint density at radius 3 is 2.33 bits per heavy atom. The first kappa shape index (κ1) is 17.2. The van der Waals surface area contributed by atoms with Crippen LogP contribution in [0, 0.1) is 6.92 Å². The second-order valence-electron chi connectivity index (χ2n) is 7.03. The van der Waals surface area contributed by atoms with Gasteiger partial charge in [0.1, 0.15) is 11.3 Å². The highest BCUT2D eigenvalue weighted by molar-refractivity contribution is 5.74. The van der Waals surface area contributed by atoms with Gasteiger partial charge < -0.3 is 0 Å². The summed E-state index contributed by atoms with van der Waals surface area (Å²) >= 11 is 0. The van der Waals surface area contributed by atoms with Crippen molar-refractivity contribution in [1.82, 2.24) is 9.38 Å².